The van der Waals surface area contributed by atoms with Gasteiger partial charge >= 0.3 is 0 Å². The molecule has 2 heterocycles. The van der Waals surface area contributed by atoms with E-state index in [4.69, 9.17) is 0 Å². The van der Waals surface area contributed by atoms with Crippen molar-refractivity contribution in [1.29, 1.82) is 0 Å². The van der Waals surface area contributed by atoms with Gasteiger partial charge in [0.2, 0.25) is 0 Å². The van der Waals surface area contributed by atoms with Gasteiger partial charge in [-0.25, -0.2) is 4.98 Å². The lowest BCUT2D eigenvalue weighted by Crippen LogP contribution is -2.20. The number of rotatable bonds is 3. The zero-order chi connectivity index (χ0) is 14.4. The van der Waals surface area contributed by atoms with Crippen LogP contribution in [0.25, 0.3) is 11.0 Å². The van der Waals surface area contributed by atoms with Crippen LogP contribution >= 0.6 is 15.9 Å². The number of hydrogen-bond acceptors (Lipinski definition) is 2. The highest BCUT2D eigenvalue weighted by atomic mass is 79.9. The molecule has 1 saturated carbocycles. The number of hydrogen-bond donors (Lipinski definition) is 1. The van der Waals surface area contributed by atoms with Gasteiger partial charge in [0, 0.05) is 27.8 Å². The number of Topliss-reactive ketones (excluding diaryl/α,β-unsaturated/α-hetero) is 1. The van der Waals surface area contributed by atoms with Crippen molar-refractivity contribution in [3.05, 3.63) is 64.4 Å². The van der Waals surface area contributed by atoms with Gasteiger partial charge in [0.05, 0.1) is 5.41 Å². The number of nitrogens with zero attached hydrogens (tertiary/aromatic N) is 1. The number of aromatic amines is 1. The average molecular weight is 341 g/mol. The maximum absolute atomic E-state index is 13.1. The van der Waals surface area contributed by atoms with Crippen LogP contribution in [0.1, 0.15) is 28.8 Å². The minimum atomic E-state index is -0.335. The molecule has 0 spiro atoms. The monoisotopic (exact) mass is 340 g/mol. The molecule has 0 unspecified atom stereocenters. The molecule has 0 radical (unpaired) electrons. The summed E-state index contributed by atoms with van der Waals surface area (Å²) >= 11 is 3.42. The van der Waals surface area contributed by atoms with Crippen LogP contribution in [0.4, 0.5) is 0 Å². The van der Waals surface area contributed by atoms with E-state index in [1.807, 2.05) is 36.4 Å². The van der Waals surface area contributed by atoms with Crippen molar-refractivity contribution in [2.45, 2.75) is 18.3 Å². The van der Waals surface area contributed by atoms with Crippen molar-refractivity contribution < 1.29 is 4.79 Å². The largest absolute Gasteiger partial charge is 0.345 e. The second-order valence-electron chi connectivity index (χ2n) is 5.53. The first kappa shape index (κ1) is 12.8. The molecule has 0 aliphatic heterocycles. The van der Waals surface area contributed by atoms with Crippen LogP contribution < -0.4 is 0 Å². The number of carbonyl (C=O) groups excluding carboxylic acids is 1. The number of aromatic nitrogens is 2. The van der Waals surface area contributed by atoms with Gasteiger partial charge in [-0.1, -0.05) is 30.3 Å². The van der Waals surface area contributed by atoms with Gasteiger partial charge in [0.25, 0.3) is 0 Å². The lowest BCUT2D eigenvalue weighted by Gasteiger charge is -2.13. The van der Waals surface area contributed by atoms with E-state index in [-0.39, 0.29) is 11.2 Å². The Kier molecular flexibility index (Phi) is 2.76. The van der Waals surface area contributed by atoms with E-state index >= 15 is 0 Å². The molecule has 1 aromatic carbocycles. The smallest absolute Gasteiger partial charge is 0.175 e. The summed E-state index contributed by atoms with van der Waals surface area (Å²) in [6, 6.07) is 12.0. The number of nitrogens with one attached hydrogen (secondary N) is 1. The van der Waals surface area contributed by atoms with Crippen LogP contribution in [0, 0.1) is 0 Å². The molecular weight excluding hydrogens is 328 g/mol. The molecule has 3 aromatic rings. The summed E-state index contributed by atoms with van der Waals surface area (Å²) in [7, 11) is 0. The Morgan fingerprint density at radius 2 is 2.00 bits per heavy atom. The van der Waals surface area contributed by atoms with E-state index in [9.17, 15) is 4.79 Å². The fourth-order valence-corrected chi connectivity index (χ4v) is 3.28. The highest BCUT2D eigenvalue weighted by molar-refractivity contribution is 9.10. The number of halogens is 1. The zero-order valence-corrected chi connectivity index (χ0v) is 12.9. The van der Waals surface area contributed by atoms with Crippen LogP contribution in [-0.4, -0.2) is 15.8 Å². The third kappa shape index (κ3) is 1.94. The SMILES string of the molecule is O=C(c1c[nH]c2ncc(Br)cc12)C1(c2ccccc2)CC1. The summed E-state index contributed by atoms with van der Waals surface area (Å²) in [5.41, 5.74) is 2.27. The fourth-order valence-electron chi connectivity index (χ4n) is 2.95. The van der Waals surface area contributed by atoms with Crippen LogP contribution in [0.2, 0.25) is 0 Å². The normalized spacial score (nSPS) is 16.0. The van der Waals surface area contributed by atoms with Crippen molar-refractivity contribution in [2.24, 2.45) is 0 Å². The Labute approximate surface area is 130 Å². The summed E-state index contributed by atoms with van der Waals surface area (Å²) in [5, 5.41) is 0.886. The summed E-state index contributed by atoms with van der Waals surface area (Å²) < 4.78 is 0.883. The molecule has 3 nitrogen and oxygen atoms in total. The quantitative estimate of drug-likeness (QED) is 0.725. The van der Waals surface area contributed by atoms with Gasteiger partial charge in [-0.05, 0) is 40.4 Å². The molecule has 0 bridgehead atoms. The first-order valence-electron chi connectivity index (χ1n) is 6.94. The maximum atomic E-state index is 13.1. The van der Waals surface area contributed by atoms with Crippen molar-refractivity contribution in [1.82, 2.24) is 9.97 Å². The fraction of sp³-hybridized carbons (Fsp3) is 0.176. The molecule has 1 fully saturated rings. The predicted molar refractivity (Wildman–Crippen MR) is 85.5 cm³/mol. The van der Waals surface area contributed by atoms with Gasteiger partial charge in [0.15, 0.2) is 5.78 Å². The van der Waals surface area contributed by atoms with Gasteiger partial charge in [0.1, 0.15) is 5.65 Å². The molecule has 4 rings (SSSR count). The number of H-pyrrole nitrogens is 1. The van der Waals surface area contributed by atoms with Gasteiger partial charge in [-0.2, -0.15) is 0 Å². The zero-order valence-electron chi connectivity index (χ0n) is 11.3. The lowest BCUT2D eigenvalue weighted by atomic mass is 9.87. The Morgan fingerprint density at radius 1 is 1.24 bits per heavy atom. The highest BCUT2D eigenvalue weighted by Gasteiger charge is 2.51. The van der Waals surface area contributed by atoms with E-state index in [1.165, 1.54) is 0 Å². The van der Waals surface area contributed by atoms with Crippen LogP contribution in [0.5, 0.6) is 0 Å². The van der Waals surface area contributed by atoms with Crippen LogP contribution in [0.15, 0.2) is 53.3 Å². The number of benzene rings is 1. The van der Waals surface area contributed by atoms with E-state index in [0.717, 1.165) is 39.5 Å². The summed E-state index contributed by atoms with van der Waals surface area (Å²) in [6.07, 6.45) is 5.36. The van der Waals surface area contributed by atoms with Gasteiger partial charge in [-0.15, -0.1) is 0 Å². The lowest BCUT2D eigenvalue weighted by molar-refractivity contribution is 0.0948. The Bertz CT molecular complexity index is 834. The molecular formula is C17H13BrN2O. The molecule has 104 valence electrons. The minimum absolute atomic E-state index is 0.194. The summed E-state index contributed by atoms with van der Waals surface area (Å²) in [5.74, 6) is 0.194. The number of ketones is 1. The predicted octanol–water partition coefficient (Wildman–Crippen LogP) is 4.24. The first-order chi connectivity index (χ1) is 10.2. The molecule has 4 heteroatoms. The average Bonchev–Trinajstić information content (AvgIpc) is 3.23. The van der Waals surface area contributed by atoms with E-state index < -0.39 is 0 Å². The molecule has 0 atom stereocenters. The third-order valence-corrected chi connectivity index (χ3v) is 4.69. The second kappa shape index (κ2) is 4.53. The van der Waals surface area contributed by atoms with Gasteiger partial charge < -0.3 is 4.98 Å². The maximum Gasteiger partial charge on any atom is 0.175 e. The number of carbonyl (C=O) groups is 1. The molecule has 2 aromatic heterocycles. The molecule has 21 heavy (non-hydrogen) atoms. The molecule has 1 N–H and O–H groups in total. The van der Waals surface area contributed by atoms with Crippen molar-refractivity contribution in [3.63, 3.8) is 0 Å². The minimum Gasteiger partial charge on any atom is -0.345 e. The Balaban J connectivity index is 1.82. The third-order valence-electron chi connectivity index (χ3n) is 4.25. The van der Waals surface area contributed by atoms with Crippen molar-refractivity contribution in [3.8, 4) is 0 Å². The standard InChI is InChI=1S/C17H13BrN2O/c18-12-8-13-14(10-20-16(13)19-9-12)15(21)17(6-7-17)11-4-2-1-3-5-11/h1-5,8-10H,6-7H2,(H,19,20). The van der Waals surface area contributed by atoms with Crippen molar-refractivity contribution >= 4 is 32.7 Å². The van der Waals surface area contributed by atoms with E-state index in [0.29, 0.717) is 0 Å². The van der Waals surface area contributed by atoms with Crippen LogP contribution in [-0.2, 0) is 5.41 Å². The summed E-state index contributed by atoms with van der Waals surface area (Å²) in [6.45, 7) is 0. The van der Waals surface area contributed by atoms with Gasteiger partial charge in [-0.3, -0.25) is 4.79 Å². The van der Waals surface area contributed by atoms with Crippen LogP contribution in [0.3, 0.4) is 0 Å². The van der Waals surface area contributed by atoms with E-state index in [1.54, 1.807) is 12.4 Å². The summed E-state index contributed by atoms with van der Waals surface area (Å²) in [4.78, 5) is 20.5. The number of fused-ring (bicyclic) bond motifs is 1. The first-order valence-corrected chi connectivity index (χ1v) is 7.73. The molecule has 0 amide bonds. The second-order valence-corrected chi connectivity index (χ2v) is 6.44. The Hall–Kier alpha value is -1.94. The Morgan fingerprint density at radius 3 is 2.71 bits per heavy atom. The molecule has 1 aliphatic carbocycles. The number of pyridine rings is 1. The topological polar surface area (TPSA) is 45.8 Å². The molecule has 1 aliphatic rings. The van der Waals surface area contributed by atoms with E-state index in [2.05, 4.69) is 25.9 Å². The van der Waals surface area contributed by atoms with Crippen molar-refractivity contribution in [2.75, 3.05) is 0 Å². The molecule has 0 saturated heterocycles. The highest BCUT2D eigenvalue weighted by Crippen LogP contribution is 2.51.